The first-order valence-electron chi connectivity index (χ1n) is 4.07. The second kappa shape index (κ2) is 13.9. The molecule has 76 valence electrons. The Kier molecular flexibility index (Phi) is 17.3. The van der Waals surface area contributed by atoms with Crippen LogP contribution in [0.25, 0.3) is 0 Å². The fourth-order valence-electron chi connectivity index (χ4n) is 0.553. The number of hydrogen-bond donors (Lipinski definition) is 0. The maximum Gasteiger partial charge on any atom is 0.484 e. The molecule has 0 heterocycles. The van der Waals surface area contributed by atoms with Gasteiger partial charge in [-0.3, -0.25) is 0 Å². The lowest BCUT2D eigenvalue weighted by Crippen LogP contribution is -2.27. The molecule has 0 bridgehead atoms. The van der Waals surface area contributed by atoms with Gasteiger partial charge in [-0.15, -0.1) is 11.6 Å². The van der Waals surface area contributed by atoms with Gasteiger partial charge in [-0.1, -0.05) is 0 Å². The van der Waals surface area contributed by atoms with E-state index in [-0.39, 0.29) is 0 Å². The van der Waals surface area contributed by atoms with Gasteiger partial charge >= 0.3 is 9.53 Å². The van der Waals surface area contributed by atoms with Crippen molar-refractivity contribution in [3.8, 4) is 0 Å². The summed E-state index contributed by atoms with van der Waals surface area (Å²) < 4.78 is 15.7. The Balaban J connectivity index is 0. The van der Waals surface area contributed by atoms with Crippen molar-refractivity contribution in [2.24, 2.45) is 0 Å². The first kappa shape index (κ1) is 14.9. The number of hydrogen-bond acceptors (Lipinski definition) is 3. The van der Waals surface area contributed by atoms with Crippen molar-refractivity contribution in [3.05, 3.63) is 0 Å². The SMILES string of the molecule is CCO[SiH](OCC)OCC.CCl. The van der Waals surface area contributed by atoms with Crippen LogP contribution in [0.3, 0.4) is 0 Å². The van der Waals surface area contributed by atoms with E-state index in [1.807, 2.05) is 20.8 Å². The van der Waals surface area contributed by atoms with Crippen LogP contribution < -0.4 is 0 Å². The van der Waals surface area contributed by atoms with Crippen molar-refractivity contribution in [1.29, 1.82) is 0 Å². The monoisotopic (exact) mass is 214 g/mol. The number of rotatable bonds is 6. The quantitative estimate of drug-likeness (QED) is 0.498. The highest BCUT2D eigenvalue weighted by molar-refractivity contribution is 6.36. The Morgan fingerprint density at radius 2 is 1.08 bits per heavy atom. The van der Waals surface area contributed by atoms with Crippen LogP contribution in [0, 0.1) is 0 Å². The van der Waals surface area contributed by atoms with E-state index in [1.54, 1.807) is 0 Å². The van der Waals surface area contributed by atoms with E-state index in [9.17, 15) is 0 Å². The molecule has 0 aliphatic rings. The predicted molar refractivity (Wildman–Crippen MR) is 53.8 cm³/mol. The fraction of sp³-hybridized carbons (Fsp3) is 1.00. The minimum Gasteiger partial charge on any atom is -0.376 e. The van der Waals surface area contributed by atoms with Gasteiger partial charge < -0.3 is 13.3 Å². The molecule has 0 aromatic rings. The van der Waals surface area contributed by atoms with Gasteiger partial charge in [0, 0.05) is 26.2 Å². The van der Waals surface area contributed by atoms with Crippen LogP contribution in [0.1, 0.15) is 20.8 Å². The zero-order valence-electron chi connectivity index (χ0n) is 8.30. The highest BCUT2D eigenvalue weighted by Gasteiger charge is 2.11. The van der Waals surface area contributed by atoms with Crippen molar-refractivity contribution in [2.45, 2.75) is 20.8 Å². The van der Waals surface area contributed by atoms with Gasteiger partial charge in [0.1, 0.15) is 0 Å². The molecule has 0 atom stereocenters. The van der Waals surface area contributed by atoms with Gasteiger partial charge in [-0.2, -0.15) is 0 Å². The molecule has 0 unspecified atom stereocenters. The van der Waals surface area contributed by atoms with E-state index in [0.717, 1.165) is 0 Å². The second-order valence-corrected chi connectivity index (χ2v) is 3.23. The van der Waals surface area contributed by atoms with Crippen LogP contribution in [-0.2, 0) is 13.3 Å². The van der Waals surface area contributed by atoms with Crippen molar-refractivity contribution >= 4 is 21.1 Å². The van der Waals surface area contributed by atoms with Crippen molar-refractivity contribution in [2.75, 3.05) is 26.2 Å². The van der Waals surface area contributed by atoms with Crippen molar-refractivity contribution in [3.63, 3.8) is 0 Å². The molecule has 0 fully saturated rings. The summed E-state index contributed by atoms with van der Waals surface area (Å²) in [6, 6.07) is 0. The normalized spacial score (nSPS) is 9.50. The van der Waals surface area contributed by atoms with Crippen LogP contribution in [0.15, 0.2) is 0 Å². The molecule has 12 heavy (non-hydrogen) atoms. The molecule has 0 aliphatic carbocycles. The Hall–Kier alpha value is 0.387. The van der Waals surface area contributed by atoms with Gasteiger partial charge in [0.15, 0.2) is 0 Å². The molecule has 0 amide bonds. The summed E-state index contributed by atoms with van der Waals surface area (Å²) in [6.07, 6.45) is 1.47. The molecular weight excluding hydrogens is 196 g/mol. The molecule has 0 saturated heterocycles. The topological polar surface area (TPSA) is 27.7 Å². The molecule has 0 radical (unpaired) electrons. The lowest BCUT2D eigenvalue weighted by Gasteiger charge is -2.12. The van der Waals surface area contributed by atoms with Gasteiger partial charge in [0.05, 0.1) is 0 Å². The van der Waals surface area contributed by atoms with E-state index in [4.69, 9.17) is 13.3 Å². The van der Waals surface area contributed by atoms with Crippen LogP contribution in [0.5, 0.6) is 0 Å². The summed E-state index contributed by atoms with van der Waals surface area (Å²) in [5.74, 6) is 0. The Labute approximate surface area is 81.9 Å². The highest BCUT2D eigenvalue weighted by Crippen LogP contribution is 1.90. The minimum atomic E-state index is -1.73. The number of alkyl halides is 1. The molecule has 0 spiro atoms. The van der Waals surface area contributed by atoms with Gasteiger partial charge in [-0.25, -0.2) is 0 Å². The first-order chi connectivity index (χ1) is 5.85. The third-order valence-electron chi connectivity index (χ3n) is 0.908. The molecule has 5 heteroatoms. The first-order valence-corrected chi connectivity index (χ1v) is 6.24. The highest BCUT2D eigenvalue weighted by atomic mass is 35.5. The Morgan fingerprint density at radius 3 is 1.25 bits per heavy atom. The van der Waals surface area contributed by atoms with E-state index in [1.165, 1.54) is 6.38 Å². The van der Waals surface area contributed by atoms with E-state index in [2.05, 4.69) is 11.6 Å². The molecule has 0 aromatic heterocycles. The zero-order chi connectivity index (χ0) is 9.82. The molecule has 0 aromatic carbocycles. The molecular formula is C7H19ClO3Si. The lowest BCUT2D eigenvalue weighted by atomic mass is 10.9. The van der Waals surface area contributed by atoms with E-state index in [0.29, 0.717) is 19.8 Å². The van der Waals surface area contributed by atoms with Gasteiger partial charge in [0.2, 0.25) is 0 Å². The summed E-state index contributed by atoms with van der Waals surface area (Å²) in [5.41, 5.74) is 0. The zero-order valence-corrected chi connectivity index (χ0v) is 10.2. The standard InChI is InChI=1S/C6H16O3Si.CH3Cl/c1-4-7-10(8-5-2)9-6-3;1-2/h10H,4-6H2,1-3H3;1H3. The molecule has 0 aliphatic heterocycles. The number of halogens is 1. The Morgan fingerprint density at radius 1 is 0.833 bits per heavy atom. The van der Waals surface area contributed by atoms with E-state index >= 15 is 0 Å². The summed E-state index contributed by atoms with van der Waals surface area (Å²) in [4.78, 5) is 0. The fourth-order valence-corrected chi connectivity index (χ4v) is 1.66. The summed E-state index contributed by atoms with van der Waals surface area (Å²) in [6.45, 7) is 7.86. The largest absolute Gasteiger partial charge is 0.484 e. The lowest BCUT2D eigenvalue weighted by molar-refractivity contribution is 0.107. The maximum absolute atomic E-state index is 5.22. The summed E-state index contributed by atoms with van der Waals surface area (Å²) >= 11 is 4.64. The minimum absolute atomic E-state index is 0.677. The van der Waals surface area contributed by atoms with Gasteiger partial charge in [-0.05, 0) is 20.8 Å². The van der Waals surface area contributed by atoms with Crippen LogP contribution in [-0.4, -0.2) is 35.7 Å². The van der Waals surface area contributed by atoms with Crippen LogP contribution >= 0.6 is 11.6 Å². The van der Waals surface area contributed by atoms with E-state index < -0.39 is 9.53 Å². The Bertz CT molecular complexity index is 61.4. The maximum atomic E-state index is 5.22. The molecule has 3 nitrogen and oxygen atoms in total. The van der Waals surface area contributed by atoms with Crippen LogP contribution in [0.2, 0.25) is 0 Å². The molecule has 0 saturated carbocycles. The smallest absolute Gasteiger partial charge is 0.376 e. The third-order valence-corrected chi connectivity index (χ3v) is 2.72. The summed E-state index contributed by atoms with van der Waals surface area (Å²) in [5, 5.41) is 0. The predicted octanol–water partition coefficient (Wildman–Crippen LogP) is 1.67. The molecule has 0 rings (SSSR count). The molecule has 0 N–H and O–H groups in total. The van der Waals surface area contributed by atoms with Crippen molar-refractivity contribution in [1.82, 2.24) is 0 Å². The average molecular weight is 215 g/mol. The third kappa shape index (κ3) is 10.4. The second-order valence-electron chi connectivity index (χ2n) is 1.65. The van der Waals surface area contributed by atoms with Crippen LogP contribution in [0.4, 0.5) is 0 Å². The van der Waals surface area contributed by atoms with Gasteiger partial charge in [0.25, 0.3) is 0 Å². The average Bonchev–Trinajstić information content (AvgIpc) is 2.10. The van der Waals surface area contributed by atoms with Crippen molar-refractivity contribution < 1.29 is 13.3 Å². The summed E-state index contributed by atoms with van der Waals surface area (Å²) in [7, 11) is -1.73.